The predicted octanol–water partition coefficient (Wildman–Crippen LogP) is -0.271. The first-order chi connectivity index (χ1) is 6.40. The number of rotatable bonds is 3. The third-order valence-electron chi connectivity index (χ3n) is 2.55. The lowest BCUT2D eigenvalue weighted by molar-refractivity contribution is -0.126. The fourth-order valence-corrected chi connectivity index (χ4v) is 1.60. The van der Waals surface area contributed by atoms with Crippen LogP contribution in [-0.2, 0) is 4.79 Å². The Labute approximate surface area is 85.1 Å². The Kier molecular flexibility index (Phi) is 3.50. The van der Waals surface area contributed by atoms with Crippen molar-refractivity contribution in [2.24, 2.45) is 11.8 Å². The molecule has 82 valence electrons. The summed E-state index contributed by atoms with van der Waals surface area (Å²) in [6, 6.07) is 0. The third-order valence-corrected chi connectivity index (χ3v) is 2.55. The largest absolute Gasteiger partial charge is 0.389 e. The first kappa shape index (κ1) is 11.5. The third kappa shape index (κ3) is 3.27. The number of aliphatic hydroxyl groups is 1. The highest BCUT2D eigenvalue weighted by Gasteiger charge is 2.29. The van der Waals surface area contributed by atoms with E-state index in [0.29, 0.717) is 12.5 Å². The fourth-order valence-electron chi connectivity index (χ4n) is 1.60. The minimum atomic E-state index is -0.828. The van der Waals surface area contributed by atoms with Crippen LogP contribution in [0.25, 0.3) is 0 Å². The van der Waals surface area contributed by atoms with Crippen LogP contribution in [0.3, 0.4) is 0 Å². The van der Waals surface area contributed by atoms with Crippen LogP contribution in [0, 0.1) is 11.8 Å². The van der Waals surface area contributed by atoms with Crippen molar-refractivity contribution in [1.29, 1.82) is 0 Å². The van der Waals surface area contributed by atoms with Crippen LogP contribution in [-0.4, -0.2) is 36.2 Å². The molecule has 0 aliphatic carbocycles. The minimum Gasteiger partial charge on any atom is -0.389 e. The first-order valence-corrected chi connectivity index (χ1v) is 5.11. The van der Waals surface area contributed by atoms with Gasteiger partial charge >= 0.3 is 0 Å². The SMILES string of the molecule is CC1CNCC1C(=O)NCC(C)(C)O. The van der Waals surface area contributed by atoms with Crippen molar-refractivity contribution >= 4 is 5.91 Å². The van der Waals surface area contributed by atoms with Gasteiger partial charge in [0.15, 0.2) is 0 Å². The van der Waals surface area contributed by atoms with Gasteiger partial charge in [0.1, 0.15) is 0 Å². The van der Waals surface area contributed by atoms with Crippen molar-refractivity contribution in [1.82, 2.24) is 10.6 Å². The van der Waals surface area contributed by atoms with Crippen LogP contribution < -0.4 is 10.6 Å². The topological polar surface area (TPSA) is 61.4 Å². The van der Waals surface area contributed by atoms with Crippen molar-refractivity contribution in [2.75, 3.05) is 19.6 Å². The van der Waals surface area contributed by atoms with Gasteiger partial charge in [-0.25, -0.2) is 0 Å². The van der Waals surface area contributed by atoms with E-state index in [1.54, 1.807) is 13.8 Å². The van der Waals surface area contributed by atoms with Gasteiger partial charge in [0, 0.05) is 13.1 Å². The summed E-state index contributed by atoms with van der Waals surface area (Å²) in [7, 11) is 0. The molecule has 1 fully saturated rings. The van der Waals surface area contributed by atoms with Crippen molar-refractivity contribution in [3.63, 3.8) is 0 Å². The molecule has 4 nitrogen and oxygen atoms in total. The summed E-state index contributed by atoms with van der Waals surface area (Å²) in [5.74, 6) is 0.485. The molecule has 0 spiro atoms. The van der Waals surface area contributed by atoms with Gasteiger partial charge in [-0.3, -0.25) is 4.79 Å². The van der Waals surface area contributed by atoms with E-state index in [4.69, 9.17) is 0 Å². The van der Waals surface area contributed by atoms with Gasteiger partial charge < -0.3 is 15.7 Å². The Hall–Kier alpha value is -0.610. The van der Waals surface area contributed by atoms with Crippen LogP contribution in [0.5, 0.6) is 0 Å². The van der Waals surface area contributed by atoms with E-state index in [1.165, 1.54) is 0 Å². The van der Waals surface area contributed by atoms with E-state index in [9.17, 15) is 9.90 Å². The second kappa shape index (κ2) is 4.28. The Balaban J connectivity index is 2.35. The summed E-state index contributed by atoms with van der Waals surface area (Å²) in [4.78, 5) is 11.6. The standard InChI is InChI=1S/C10H20N2O2/c1-7-4-11-5-8(7)9(13)12-6-10(2,3)14/h7-8,11,14H,4-6H2,1-3H3,(H,12,13). The molecule has 1 aliphatic rings. The van der Waals surface area contributed by atoms with Gasteiger partial charge in [-0.05, 0) is 26.3 Å². The number of carbonyl (C=O) groups excluding carboxylic acids is 1. The molecule has 1 amide bonds. The van der Waals surface area contributed by atoms with Crippen molar-refractivity contribution in [3.8, 4) is 0 Å². The molecule has 0 aromatic rings. The van der Waals surface area contributed by atoms with Gasteiger partial charge in [-0.2, -0.15) is 0 Å². The molecule has 0 radical (unpaired) electrons. The van der Waals surface area contributed by atoms with Crippen LogP contribution in [0.15, 0.2) is 0 Å². The van der Waals surface area contributed by atoms with Gasteiger partial charge in [0.05, 0.1) is 11.5 Å². The maximum Gasteiger partial charge on any atom is 0.224 e. The number of nitrogens with one attached hydrogen (secondary N) is 2. The average Bonchev–Trinajstić information content (AvgIpc) is 2.46. The maximum absolute atomic E-state index is 11.6. The molecular formula is C10H20N2O2. The van der Waals surface area contributed by atoms with E-state index in [-0.39, 0.29) is 11.8 Å². The molecule has 0 aromatic heterocycles. The van der Waals surface area contributed by atoms with Gasteiger partial charge in [-0.15, -0.1) is 0 Å². The highest BCUT2D eigenvalue weighted by atomic mass is 16.3. The lowest BCUT2D eigenvalue weighted by Gasteiger charge is -2.20. The van der Waals surface area contributed by atoms with Gasteiger partial charge in [0.25, 0.3) is 0 Å². The van der Waals surface area contributed by atoms with Crippen LogP contribution in [0.2, 0.25) is 0 Å². The van der Waals surface area contributed by atoms with Crippen molar-refractivity contribution < 1.29 is 9.90 Å². The molecule has 0 saturated carbocycles. The molecule has 3 N–H and O–H groups in total. The van der Waals surface area contributed by atoms with Crippen LogP contribution in [0.1, 0.15) is 20.8 Å². The molecule has 0 bridgehead atoms. The Bertz CT molecular complexity index is 211. The highest BCUT2D eigenvalue weighted by Crippen LogP contribution is 2.15. The lowest BCUT2D eigenvalue weighted by atomic mass is 9.97. The van der Waals surface area contributed by atoms with Gasteiger partial charge in [0.2, 0.25) is 5.91 Å². The van der Waals surface area contributed by atoms with E-state index >= 15 is 0 Å². The second-order valence-electron chi connectivity index (χ2n) is 4.77. The minimum absolute atomic E-state index is 0.0459. The zero-order valence-electron chi connectivity index (χ0n) is 9.13. The molecule has 1 aliphatic heterocycles. The molecule has 14 heavy (non-hydrogen) atoms. The molecule has 1 heterocycles. The van der Waals surface area contributed by atoms with Crippen molar-refractivity contribution in [2.45, 2.75) is 26.4 Å². The summed E-state index contributed by atoms with van der Waals surface area (Å²) in [6.45, 7) is 7.40. The summed E-state index contributed by atoms with van der Waals surface area (Å²) in [5.41, 5.74) is -0.828. The molecule has 4 heteroatoms. The van der Waals surface area contributed by atoms with Gasteiger partial charge in [-0.1, -0.05) is 6.92 Å². The summed E-state index contributed by atoms with van der Waals surface area (Å²) in [6.07, 6.45) is 0. The van der Waals surface area contributed by atoms with E-state index in [1.807, 2.05) is 0 Å². The maximum atomic E-state index is 11.6. The zero-order valence-corrected chi connectivity index (χ0v) is 9.13. The molecular weight excluding hydrogens is 180 g/mol. The number of carbonyl (C=O) groups is 1. The summed E-state index contributed by atoms with van der Waals surface area (Å²) >= 11 is 0. The second-order valence-corrected chi connectivity index (χ2v) is 4.77. The Morgan fingerprint density at radius 1 is 1.57 bits per heavy atom. The van der Waals surface area contributed by atoms with E-state index in [0.717, 1.165) is 13.1 Å². The fraction of sp³-hybridized carbons (Fsp3) is 0.900. The molecule has 0 aromatic carbocycles. The summed E-state index contributed by atoms with van der Waals surface area (Å²) in [5, 5.41) is 15.4. The normalized spacial score (nSPS) is 27.7. The number of hydrogen-bond acceptors (Lipinski definition) is 3. The first-order valence-electron chi connectivity index (χ1n) is 5.11. The quantitative estimate of drug-likeness (QED) is 0.587. The zero-order chi connectivity index (χ0) is 10.8. The number of hydrogen-bond donors (Lipinski definition) is 3. The summed E-state index contributed by atoms with van der Waals surface area (Å²) < 4.78 is 0. The highest BCUT2D eigenvalue weighted by molar-refractivity contribution is 5.79. The molecule has 1 saturated heterocycles. The van der Waals surface area contributed by atoms with E-state index < -0.39 is 5.60 Å². The molecule has 1 rings (SSSR count). The molecule has 2 atom stereocenters. The lowest BCUT2D eigenvalue weighted by Crippen LogP contribution is -2.42. The van der Waals surface area contributed by atoms with Crippen LogP contribution >= 0.6 is 0 Å². The Morgan fingerprint density at radius 3 is 2.64 bits per heavy atom. The molecule has 2 unspecified atom stereocenters. The van der Waals surface area contributed by atoms with Crippen molar-refractivity contribution in [3.05, 3.63) is 0 Å². The number of amides is 1. The van der Waals surface area contributed by atoms with E-state index in [2.05, 4.69) is 17.6 Å². The average molecular weight is 200 g/mol. The Morgan fingerprint density at radius 2 is 2.21 bits per heavy atom. The monoisotopic (exact) mass is 200 g/mol. The predicted molar refractivity (Wildman–Crippen MR) is 54.8 cm³/mol. The smallest absolute Gasteiger partial charge is 0.224 e. The van der Waals surface area contributed by atoms with Crippen LogP contribution in [0.4, 0.5) is 0 Å².